The fourth-order valence-electron chi connectivity index (χ4n) is 4.50. The van der Waals surface area contributed by atoms with Gasteiger partial charge in [-0.2, -0.15) is 0 Å². The lowest BCUT2D eigenvalue weighted by Gasteiger charge is -2.39. The van der Waals surface area contributed by atoms with Crippen molar-refractivity contribution in [3.8, 4) is 0 Å². The number of anilines is 1. The van der Waals surface area contributed by atoms with E-state index in [1.54, 1.807) is 24.3 Å². The number of hydrogen-bond donors (Lipinski definition) is 1. The Hall–Kier alpha value is -3.26. The number of nitrogens with zero attached hydrogens (tertiary/aromatic N) is 3. The first-order chi connectivity index (χ1) is 16.0. The summed E-state index contributed by atoms with van der Waals surface area (Å²) in [5.41, 5.74) is 1.47. The summed E-state index contributed by atoms with van der Waals surface area (Å²) in [6.45, 7) is 5.41. The number of carbonyl (C=O) groups excluding carboxylic acids is 2. The quantitative estimate of drug-likeness (QED) is 0.477. The minimum absolute atomic E-state index is 0.0642. The molecule has 2 aliphatic rings. The van der Waals surface area contributed by atoms with Gasteiger partial charge < -0.3 is 15.1 Å². The van der Waals surface area contributed by atoms with Crippen LogP contribution in [0.3, 0.4) is 0 Å². The smallest absolute Gasteiger partial charge is 0.269 e. The molecule has 8 heteroatoms. The number of benzene rings is 2. The van der Waals surface area contributed by atoms with Gasteiger partial charge in [0.2, 0.25) is 0 Å². The maximum Gasteiger partial charge on any atom is 0.269 e. The first-order valence-electron chi connectivity index (χ1n) is 11.7. The Morgan fingerprint density at radius 2 is 1.55 bits per heavy atom. The lowest BCUT2D eigenvalue weighted by molar-refractivity contribution is -0.384. The van der Waals surface area contributed by atoms with Crippen LogP contribution in [0.15, 0.2) is 48.5 Å². The van der Waals surface area contributed by atoms with Crippen LogP contribution in [-0.2, 0) is 0 Å². The zero-order chi connectivity index (χ0) is 23.4. The molecule has 0 unspecified atom stereocenters. The molecular weight excluding hydrogens is 420 g/mol. The van der Waals surface area contributed by atoms with Crippen LogP contribution in [0, 0.1) is 10.1 Å². The Balaban J connectivity index is 1.38. The Morgan fingerprint density at radius 1 is 0.970 bits per heavy atom. The van der Waals surface area contributed by atoms with Crippen LogP contribution in [0.5, 0.6) is 0 Å². The van der Waals surface area contributed by atoms with Gasteiger partial charge in [-0.25, -0.2) is 0 Å². The highest BCUT2D eigenvalue weighted by molar-refractivity contribution is 6.04. The molecule has 0 atom stereocenters. The highest BCUT2D eigenvalue weighted by Gasteiger charge is 2.38. The average Bonchev–Trinajstić information content (AvgIpc) is 3.66. The normalized spacial score (nSPS) is 16.9. The number of piperidine rings is 1. The fourth-order valence-corrected chi connectivity index (χ4v) is 4.50. The van der Waals surface area contributed by atoms with Crippen LogP contribution in [0.25, 0.3) is 0 Å². The number of nitro groups is 1. The summed E-state index contributed by atoms with van der Waals surface area (Å²) >= 11 is 0. The van der Waals surface area contributed by atoms with E-state index in [1.807, 2.05) is 0 Å². The molecule has 1 heterocycles. The third-order valence-electron chi connectivity index (χ3n) is 6.40. The van der Waals surface area contributed by atoms with E-state index in [9.17, 15) is 19.7 Å². The van der Waals surface area contributed by atoms with E-state index in [0.717, 1.165) is 51.7 Å². The van der Waals surface area contributed by atoms with Crippen LogP contribution in [0.4, 0.5) is 11.4 Å². The topological polar surface area (TPSA) is 95.8 Å². The summed E-state index contributed by atoms with van der Waals surface area (Å²) in [7, 11) is 0. The highest BCUT2D eigenvalue weighted by Crippen LogP contribution is 2.33. The fraction of sp³-hybridized carbons (Fsp3) is 0.440. The molecule has 0 aromatic heterocycles. The van der Waals surface area contributed by atoms with Crippen LogP contribution in [0.1, 0.15) is 59.7 Å². The van der Waals surface area contributed by atoms with Crippen LogP contribution < -0.4 is 5.32 Å². The lowest BCUT2D eigenvalue weighted by Crippen LogP contribution is -2.48. The minimum atomic E-state index is -0.503. The van der Waals surface area contributed by atoms with Crippen LogP contribution >= 0.6 is 0 Å². The number of rotatable bonds is 8. The Bertz CT molecular complexity index is 994. The van der Waals surface area contributed by atoms with Crippen molar-refractivity contribution in [1.29, 1.82) is 0 Å². The zero-order valence-corrected chi connectivity index (χ0v) is 18.9. The van der Waals surface area contributed by atoms with E-state index in [-0.39, 0.29) is 17.5 Å². The van der Waals surface area contributed by atoms with Crippen molar-refractivity contribution in [2.24, 2.45) is 0 Å². The van der Waals surface area contributed by atoms with E-state index >= 15 is 0 Å². The van der Waals surface area contributed by atoms with Crippen molar-refractivity contribution in [1.82, 2.24) is 9.80 Å². The van der Waals surface area contributed by atoms with Gasteiger partial charge in [0.1, 0.15) is 0 Å². The molecule has 0 bridgehead atoms. The van der Waals surface area contributed by atoms with Crippen LogP contribution in [0.2, 0.25) is 0 Å². The highest BCUT2D eigenvalue weighted by atomic mass is 16.6. The number of hydrogen-bond acceptors (Lipinski definition) is 5. The largest absolute Gasteiger partial charge is 0.333 e. The molecule has 33 heavy (non-hydrogen) atoms. The molecule has 1 aliphatic carbocycles. The number of nitrogens with one attached hydrogen (secondary N) is 1. The molecule has 1 aliphatic heterocycles. The molecular formula is C25H30N4O4. The molecule has 1 N–H and O–H groups in total. The van der Waals surface area contributed by atoms with E-state index in [4.69, 9.17) is 0 Å². The molecule has 1 saturated heterocycles. The predicted octanol–water partition coefficient (Wildman–Crippen LogP) is 4.33. The number of non-ortho nitro benzene ring substituents is 1. The Labute approximate surface area is 193 Å². The standard InChI is InChI=1S/C25H30N4O4/c1-2-15-27-16-13-22(14-17-27)28(21-11-12-21)25(31)19-3-7-20(8-4-19)26-24(30)18-5-9-23(10-6-18)29(32)33/h3-10,21-22H,2,11-17H2,1H3,(H,26,30). The molecule has 2 aromatic rings. The predicted molar refractivity (Wildman–Crippen MR) is 126 cm³/mol. The first-order valence-corrected chi connectivity index (χ1v) is 11.7. The summed E-state index contributed by atoms with van der Waals surface area (Å²) in [5, 5.41) is 13.5. The van der Waals surface area contributed by atoms with E-state index < -0.39 is 4.92 Å². The number of likely N-dealkylation sites (tertiary alicyclic amines) is 1. The van der Waals surface area contributed by atoms with Gasteiger partial charge in [0, 0.05) is 54.1 Å². The summed E-state index contributed by atoms with van der Waals surface area (Å²) in [5.74, 6) is -0.290. The number of carbonyl (C=O) groups is 2. The van der Waals surface area contributed by atoms with Crippen molar-refractivity contribution in [2.75, 3.05) is 25.0 Å². The Morgan fingerprint density at radius 3 is 2.09 bits per heavy atom. The molecule has 4 rings (SSSR count). The van der Waals surface area contributed by atoms with Gasteiger partial charge in [0.15, 0.2) is 0 Å². The average molecular weight is 451 g/mol. The van der Waals surface area contributed by atoms with Crippen molar-refractivity contribution in [2.45, 2.75) is 51.1 Å². The first kappa shape index (κ1) is 22.9. The van der Waals surface area contributed by atoms with Crippen molar-refractivity contribution in [3.63, 3.8) is 0 Å². The second-order valence-electron chi connectivity index (χ2n) is 8.85. The van der Waals surface area contributed by atoms with Gasteiger partial charge >= 0.3 is 0 Å². The lowest BCUT2D eigenvalue weighted by atomic mass is 10.0. The second-order valence-corrected chi connectivity index (χ2v) is 8.85. The summed E-state index contributed by atoms with van der Waals surface area (Å²) in [6, 6.07) is 13.1. The van der Waals surface area contributed by atoms with Crippen molar-refractivity contribution >= 4 is 23.2 Å². The van der Waals surface area contributed by atoms with Gasteiger partial charge in [-0.05, 0) is 75.0 Å². The van der Waals surface area contributed by atoms with Gasteiger partial charge in [0.05, 0.1) is 4.92 Å². The van der Waals surface area contributed by atoms with Gasteiger partial charge in [-0.1, -0.05) is 6.92 Å². The number of nitro benzene ring substituents is 1. The van der Waals surface area contributed by atoms with Gasteiger partial charge in [-0.3, -0.25) is 19.7 Å². The molecule has 0 spiro atoms. The SMILES string of the molecule is CCCN1CCC(N(C(=O)c2ccc(NC(=O)c3ccc([N+](=O)[O-])cc3)cc2)C2CC2)CC1. The molecule has 1 saturated carbocycles. The molecule has 174 valence electrons. The third-order valence-corrected chi connectivity index (χ3v) is 6.40. The molecule has 2 fully saturated rings. The van der Waals surface area contributed by atoms with Crippen LogP contribution in [-0.4, -0.2) is 58.3 Å². The van der Waals surface area contributed by atoms with E-state index in [2.05, 4.69) is 22.0 Å². The third kappa shape index (κ3) is 5.57. The maximum atomic E-state index is 13.3. The minimum Gasteiger partial charge on any atom is -0.333 e. The Kier molecular flexibility index (Phi) is 7.03. The number of amides is 2. The monoisotopic (exact) mass is 450 g/mol. The summed E-state index contributed by atoms with van der Waals surface area (Å²) in [4.78, 5) is 40.6. The van der Waals surface area contributed by atoms with E-state index in [1.165, 1.54) is 24.3 Å². The van der Waals surface area contributed by atoms with Gasteiger partial charge in [-0.15, -0.1) is 0 Å². The molecule has 2 amide bonds. The van der Waals surface area contributed by atoms with Crippen molar-refractivity contribution in [3.05, 3.63) is 69.8 Å². The van der Waals surface area contributed by atoms with E-state index in [0.29, 0.717) is 28.9 Å². The van der Waals surface area contributed by atoms with Crippen molar-refractivity contribution < 1.29 is 14.5 Å². The second kappa shape index (κ2) is 10.1. The summed E-state index contributed by atoms with van der Waals surface area (Å²) in [6.07, 6.45) is 5.34. The summed E-state index contributed by atoms with van der Waals surface area (Å²) < 4.78 is 0. The maximum absolute atomic E-state index is 13.3. The molecule has 8 nitrogen and oxygen atoms in total. The molecule has 0 radical (unpaired) electrons. The van der Waals surface area contributed by atoms with Gasteiger partial charge in [0.25, 0.3) is 17.5 Å². The molecule has 2 aromatic carbocycles. The zero-order valence-electron chi connectivity index (χ0n) is 18.9.